The SMILES string of the molecule is Fc1cccnc1NCc1ccccc1C(F)(F)F. The van der Waals surface area contributed by atoms with Crippen LogP contribution in [0.4, 0.5) is 23.4 Å². The zero-order chi connectivity index (χ0) is 13.9. The second kappa shape index (κ2) is 5.26. The van der Waals surface area contributed by atoms with Gasteiger partial charge >= 0.3 is 6.18 Å². The van der Waals surface area contributed by atoms with Crippen LogP contribution >= 0.6 is 0 Å². The van der Waals surface area contributed by atoms with Gasteiger partial charge in [-0.25, -0.2) is 9.37 Å². The summed E-state index contributed by atoms with van der Waals surface area (Å²) in [5.41, 5.74) is -0.695. The zero-order valence-electron chi connectivity index (χ0n) is 9.71. The van der Waals surface area contributed by atoms with E-state index in [2.05, 4.69) is 10.3 Å². The molecule has 0 saturated carbocycles. The Labute approximate surface area is 107 Å². The number of benzene rings is 1. The van der Waals surface area contributed by atoms with Crippen LogP contribution in [0.15, 0.2) is 42.6 Å². The van der Waals surface area contributed by atoms with Gasteiger partial charge in [0.2, 0.25) is 0 Å². The van der Waals surface area contributed by atoms with Crippen molar-refractivity contribution in [3.05, 3.63) is 59.5 Å². The third kappa shape index (κ3) is 3.21. The second-order valence-corrected chi connectivity index (χ2v) is 3.84. The first-order valence-electron chi connectivity index (χ1n) is 5.48. The van der Waals surface area contributed by atoms with Gasteiger partial charge < -0.3 is 5.32 Å². The number of hydrogen-bond acceptors (Lipinski definition) is 2. The Kier molecular flexibility index (Phi) is 3.69. The van der Waals surface area contributed by atoms with Gasteiger partial charge in [0.05, 0.1) is 5.56 Å². The summed E-state index contributed by atoms with van der Waals surface area (Å²) >= 11 is 0. The van der Waals surface area contributed by atoms with Crippen LogP contribution in [0, 0.1) is 5.82 Å². The molecule has 0 bridgehead atoms. The monoisotopic (exact) mass is 270 g/mol. The number of alkyl halides is 3. The minimum absolute atomic E-state index is 0.0417. The smallest absolute Gasteiger partial charge is 0.364 e. The Bertz CT molecular complexity index is 567. The van der Waals surface area contributed by atoms with E-state index in [1.54, 1.807) is 0 Å². The van der Waals surface area contributed by atoms with E-state index in [-0.39, 0.29) is 17.9 Å². The van der Waals surface area contributed by atoms with E-state index in [0.717, 1.165) is 6.07 Å². The van der Waals surface area contributed by atoms with Crippen molar-refractivity contribution in [3.63, 3.8) is 0 Å². The summed E-state index contributed by atoms with van der Waals surface area (Å²) in [6, 6.07) is 7.74. The number of pyridine rings is 1. The molecular weight excluding hydrogens is 260 g/mol. The molecule has 2 rings (SSSR count). The van der Waals surface area contributed by atoms with Gasteiger partial charge in [-0.05, 0) is 23.8 Å². The summed E-state index contributed by atoms with van der Waals surface area (Å²) < 4.78 is 51.5. The summed E-state index contributed by atoms with van der Waals surface area (Å²) in [5.74, 6) is -0.675. The molecule has 2 aromatic rings. The Morgan fingerprint density at radius 3 is 2.47 bits per heavy atom. The van der Waals surface area contributed by atoms with E-state index >= 15 is 0 Å². The molecule has 1 aromatic carbocycles. The van der Waals surface area contributed by atoms with Crippen molar-refractivity contribution < 1.29 is 17.6 Å². The molecule has 0 aliphatic rings. The third-order valence-corrected chi connectivity index (χ3v) is 2.53. The van der Waals surface area contributed by atoms with Gasteiger partial charge in [0, 0.05) is 12.7 Å². The first-order valence-corrected chi connectivity index (χ1v) is 5.48. The molecule has 2 nitrogen and oxygen atoms in total. The lowest BCUT2D eigenvalue weighted by atomic mass is 10.1. The minimum atomic E-state index is -4.43. The summed E-state index contributed by atoms with van der Waals surface area (Å²) in [7, 11) is 0. The lowest BCUT2D eigenvalue weighted by Gasteiger charge is -2.13. The van der Waals surface area contributed by atoms with Crippen LogP contribution in [0.5, 0.6) is 0 Å². The average Bonchev–Trinajstić information content (AvgIpc) is 2.37. The molecule has 0 amide bonds. The lowest BCUT2D eigenvalue weighted by molar-refractivity contribution is -0.138. The summed E-state index contributed by atoms with van der Waals surface area (Å²) in [6.45, 7) is -0.149. The summed E-state index contributed by atoms with van der Waals surface area (Å²) in [6.07, 6.45) is -3.07. The van der Waals surface area contributed by atoms with E-state index in [1.165, 1.54) is 36.5 Å². The third-order valence-electron chi connectivity index (χ3n) is 2.53. The maximum Gasteiger partial charge on any atom is 0.416 e. The number of aromatic nitrogens is 1. The summed E-state index contributed by atoms with van der Waals surface area (Å²) in [5, 5.41) is 2.56. The molecule has 0 spiro atoms. The van der Waals surface area contributed by atoms with Gasteiger partial charge in [0.25, 0.3) is 0 Å². The van der Waals surface area contributed by atoms with E-state index in [9.17, 15) is 17.6 Å². The maximum absolute atomic E-state index is 13.3. The van der Waals surface area contributed by atoms with Gasteiger partial charge in [-0.1, -0.05) is 18.2 Å². The molecule has 6 heteroatoms. The fourth-order valence-electron chi connectivity index (χ4n) is 1.65. The van der Waals surface area contributed by atoms with E-state index < -0.39 is 17.6 Å². The second-order valence-electron chi connectivity index (χ2n) is 3.84. The van der Waals surface area contributed by atoms with Crippen molar-refractivity contribution in [1.82, 2.24) is 4.98 Å². The van der Waals surface area contributed by atoms with Crippen LogP contribution < -0.4 is 5.32 Å². The van der Waals surface area contributed by atoms with Crippen LogP contribution in [0.3, 0.4) is 0 Å². The highest BCUT2D eigenvalue weighted by Crippen LogP contribution is 2.32. The molecule has 0 radical (unpaired) electrons. The molecule has 1 N–H and O–H groups in total. The first-order chi connectivity index (χ1) is 8.98. The van der Waals surface area contributed by atoms with Crippen molar-refractivity contribution in [3.8, 4) is 0 Å². The van der Waals surface area contributed by atoms with Crippen molar-refractivity contribution in [1.29, 1.82) is 0 Å². The Morgan fingerprint density at radius 1 is 1.05 bits per heavy atom. The molecule has 1 heterocycles. The molecule has 0 aliphatic heterocycles. The fourth-order valence-corrected chi connectivity index (χ4v) is 1.65. The molecule has 0 unspecified atom stereocenters. The molecule has 0 fully saturated rings. The average molecular weight is 270 g/mol. The number of halogens is 4. The number of nitrogens with zero attached hydrogens (tertiary/aromatic N) is 1. The molecule has 100 valence electrons. The van der Waals surface area contributed by atoms with Crippen LogP contribution in [0.25, 0.3) is 0 Å². The normalized spacial score (nSPS) is 11.4. The standard InChI is InChI=1S/C13H10F4N2/c14-11-6-3-7-18-12(11)19-8-9-4-1-2-5-10(9)13(15,16)17/h1-7H,8H2,(H,18,19). The van der Waals surface area contributed by atoms with Gasteiger partial charge in [-0.3, -0.25) is 0 Å². The Balaban J connectivity index is 2.19. The molecule has 19 heavy (non-hydrogen) atoms. The topological polar surface area (TPSA) is 24.9 Å². The predicted octanol–water partition coefficient (Wildman–Crippen LogP) is 3.85. The van der Waals surface area contributed by atoms with Crippen molar-refractivity contribution in [2.45, 2.75) is 12.7 Å². The van der Waals surface area contributed by atoms with Gasteiger partial charge in [0.1, 0.15) is 0 Å². The van der Waals surface area contributed by atoms with E-state index in [0.29, 0.717) is 0 Å². The van der Waals surface area contributed by atoms with E-state index in [4.69, 9.17) is 0 Å². The Morgan fingerprint density at radius 2 is 1.79 bits per heavy atom. The highest BCUT2D eigenvalue weighted by atomic mass is 19.4. The number of anilines is 1. The van der Waals surface area contributed by atoms with E-state index in [1.807, 2.05) is 0 Å². The van der Waals surface area contributed by atoms with Crippen LogP contribution in [0.1, 0.15) is 11.1 Å². The molecule has 1 aromatic heterocycles. The molecule has 0 saturated heterocycles. The van der Waals surface area contributed by atoms with Gasteiger partial charge in [-0.2, -0.15) is 13.2 Å². The molecular formula is C13H10F4N2. The minimum Gasteiger partial charge on any atom is -0.364 e. The van der Waals surface area contributed by atoms with Crippen LogP contribution in [-0.2, 0) is 12.7 Å². The van der Waals surface area contributed by atoms with Crippen molar-refractivity contribution in [2.75, 3.05) is 5.32 Å². The Hall–Kier alpha value is -2.11. The fraction of sp³-hybridized carbons (Fsp3) is 0.154. The van der Waals surface area contributed by atoms with Crippen molar-refractivity contribution >= 4 is 5.82 Å². The zero-order valence-corrected chi connectivity index (χ0v) is 9.71. The van der Waals surface area contributed by atoms with Crippen LogP contribution in [-0.4, -0.2) is 4.98 Å². The molecule has 0 aliphatic carbocycles. The highest BCUT2D eigenvalue weighted by Gasteiger charge is 2.32. The maximum atomic E-state index is 13.3. The predicted molar refractivity (Wildman–Crippen MR) is 63.0 cm³/mol. The largest absolute Gasteiger partial charge is 0.416 e. The van der Waals surface area contributed by atoms with Crippen LogP contribution in [0.2, 0.25) is 0 Å². The number of nitrogens with one attached hydrogen (secondary N) is 1. The molecule has 0 atom stereocenters. The quantitative estimate of drug-likeness (QED) is 0.857. The first kappa shape index (κ1) is 13.3. The summed E-state index contributed by atoms with van der Waals surface area (Å²) in [4.78, 5) is 3.72. The van der Waals surface area contributed by atoms with Crippen molar-refractivity contribution in [2.24, 2.45) is 0 Å². The lowest BCUT2D eigenvalue weighted by Crippen LogP contribution is -2.12. The van der Waals surface area contributed by atoms with Gasteiger partial charge in [-0.15, -0.1) is 0 Å². The highest BCUT2D eigenvalue weighted by molar-refractivity contribution is 5.39. The van der Waals surface area contributed by atoms with Gasteiger partial charge in [0.15, 0.2) is 11.6 Å². The number of hydrogen-bond donors (Lipinski definition) is 1. The number of rotatable bonds is 3.